The van der Waals surface area contributed by atoms with Crippen molar-refractivity contribution in [3.8, 4) is 5.75 Å². The number of hydrazine groups is 1. The minimum atomic E-state index is -0.264. The Balaban J connectivity index is 2.60. The summed E-state index contributed by atoms with van der Waals surface area (Å²) >= 11 is 0. The van der Waals surface area contributed by atoms with E-state index in [1.807, 2.05) is 13.8 Å². The topological polar surface area (TPSA) is 81.4 Å². The van der Waals surface area contributed by atoms with Gasteiger partial charge in [-0.05, 0) is 24.1 Å². The van der Waals surface area contributed by atoms with Crippen molar-refractivity contribution in [2.24, 2.45) is 11.8 Å². The van der Waals surface area contributed by atoms with Crippen molar-refractivity contribution in [1.82, 2.24) is 5.43 Å². The van der Waals surface area contributed by atoms with Crippen molar-refractivity contribution < 1.29 is 14.3 Å². The molecule has 0 spiro atoms. The van der Waals surface area contributed by atoms with Crippen LogP contribution in [-0.2, 0) is 16.0 Å². The number of hydrogen-bond acceptors (Lipinski definition) is 4. The van der Waals surface area contributed by atoms with E-state index in [2.05, 4.69) is 5.43 Å². The van der Waals surface area contributed by atoms with E-state index in [0.717, 1.165) is 12.0 Å². The molecule has 0 aliphatic rings. The summed E-state index contributed by atoms with van der Waals surface area (Å²) in [4.78, 5) is 22.6. The molecule has 5 heteroatoms. The molecule has 0 fully saturated rings. The van der Waals surface area contributed by atoms with Gasteiger partial charge < -0.3 is 4.74 Å². The summed E-state index contributed by atoms with van der Waals surface area (Å²) in [5, 5.41) is 0. The molecule has 3 N–H and O–H groups in total. The molecule has 5 nitrogen and oxygen atoms in total. The van der Waals surface area contributed by atoms with Crippen molar-refractivity contribution in [3.63, 3.8) is 0 Å². The number of rotatable bonds is 5. The third kappa shape index (κ3) is 4.18. The van der Waals surface area contributed by atoms with Crippen LogP contribution in [0.1, 0.15) is 25.8 Å². The van der Waals surface area contributed by atoms with E-state index in [0.29, 0.717) is 5.75 Å². The number of nitrogens with two attached hydrogens (primary N) is 1. The first-order valence-corrected chi connectivity index (χ1v) is 5.87. The van der Waals surface area contributed by atoms with Crippen LogP contribution in [0.2, 0.25) is 0 Å². The van der Waals surface area contributed by atoms with Gasteiger partial charge in [-0.1, -0.05) is 26.0 Å². The molecule has 18 heavy (non-hydrogen) atoms. The van der Waals surface area contributed by atoms with Crippen LogP contribution < -0.4 is 16.0 Å². The van der Waals surface area contributed by atoms with Gasteiger partial charge in [0, 0.05) is 0 Å². The van der Waals surface area contributed by atoms with Crippen molar-refractivity contribution in [1.29, 1.82) is 0 Å². The Kier molecular flexibility index (Phi) is 5.32. The average molecular weight is 250 g/mol. The fourth-order valence-corrected chi connectivity index (χ4v) is 1.30. The van der Waals surface area contributed by atoms with Crippen LogP contribution >= 0.6 is 0 Å². The summed E-state index contributed by atoms with van der Waals surface area (Å²) in [6.07, 6.45) is 0.948. The first kappa shape index (κ1) is 14.2. The Hall–Kier alpha value is -1.88. The molecule has 98 valence electrons. The molecule has 1 amide bonds. The fourth-order valence-electron chi connectivity index (χ4n) is 1.30. The molecule has 0 aliphatic carbocycles. The maximum atomic E-state index is 11.5. The Morgan fingerprint density at radius 2 is 1.94 bits per heavy atom. The van der Waals surface area contributed by atoms with Gasteiger partial charge in [0.1, 0.15) is 5.75 Å². The molecule has 1 aromatic carbocycles. The van der Waals surface area contributed by atoms with Crippen LogP contribution in [0.3, 0.4) is 0 Å². The second kappa shape index (κ2) is 6.76. The van der Waals surface area contributed by atoms with E-state index in [4.69, 9.17) is 10.6 Å². The Bertz CT molecular complexity index is 415. The Morgan fingerprint density at radius 1 is 1.33 bits per heavy atom. The van der Waals surface area contributed by atoms with Crippen LogP contribution in [0.15, 0.2) is 24.3 Å². The zero-order valence-electron chi connectivity index (χ0n) is 10.6. The average Bonchev–Trinajstić information content (AvgIpc) is 2.39. The number of benzene rings is 1. The Morgan fingerprint density at radius 3 is 2.44 bits per heavy atom. The monoisotopic (exact) mass is 250 g/mol. The highest BCUT2D eigenvalue weighted by Crippen LogP contribution is 2.15. The minimum absolute atomic E-state index is 0.118. The zero-order chi connectivity index (χ0) is 13.5. The van der Waals surface area contributed by atoms with Crippen LogP contribution in [0.4, 0.5) is 0 Å². The number of amides is 1. The molecule has 0 saturated carbocycles. The molecule has 0 aromatic heterocycles. The maximum Gasteiger partial charge on any atom is 0.314 e. The van der Waals surface area contributed by atoms with Crippen LogP contribution in [-0.4, -0.2) is 11.9 Å². The van der Waals surface area contributed by atoms with Crippen LogP contribution in [0.5, 0.6) is 5.75 Å². The van der Waals surface area contributed by atoms with Crippen LogP contribution in [0.25, 0.3) is 0 Å². The van der Waals surface area contributed by atoms with Crippen molar-refractivity contribution in [2.45, 2.75) is 26.7 Å². The molecule has 0 saturated heterocycles. The number of carbonyl (C=O) groups excluding carboxylic acids is 2. The van der Waals surface area contributed by atoms with E-state index in [1.54, 1.807) is 24.3 Å². The highest BCUT2D eigenvalue weighted by Gasteiger charge is 2.12. The SMILES string of the molecule is CC[C@@H](C)C(=O)Oc1ccc(CC(=O)NN)cc1. The van der Waals surface area contributed by atoms with Gasteiger partial charge in [0.25, 0.3) is 0 Å². The summed E-state index contributed by atoms with van der Waals surface area (Å²) in [5.74, 6) is 4.85. The lowest BCUT2D eigenvalue weighted by atomic mass is 10.1. The summed E-state index contributed by atoms with van der Waals surface area (Å²) in [7, 11) is 0. The van der Waals surface area contributed by atoms with E-state index in [-0.39, 0.29) is 24.2 Å². The van der Waals surface area contributed by atoms with E-state index in [1.165, 1.54) is 0 Å². The smallest absolute Gasteiger partial charge is 0.314 e. The molecule has 0 aliphatic heterocycles. The molecular weight excluding hydrogens is 232 g/mol. The van der Waals surface area contributed by atoms with Gasteiger partial charge in [-0.25, -0.2) is 5.84 Å². The highest BCUT2D eigenvalue weighted by molar-refractivity contribution is 5.78. The third-order valence-electron chi connectivity index (χ3n) is 2.68. The van der Waals surface area contributed by atoms with Gasteiger partial charge in [-0.2, -0.15) is 0 Å². The fraction of sp³-hybridized carbons (Fsp3) is 0.385. The lowest BCUT2D eigenvalue weighted by Gasteiger charge is -2.09. The van der Waals surface area contributed by atoms with E-state index in [9.17, 15) is 9.59 Å². The number of carbonyl (C=O) groups is 2. The molecule has 1 aromatic rings. The van der Waals surface area contributed by atoms with Gasteiger partial charge in [-0.15, -0.1) is 0 Å². The second-order valence-corrected chi connectivity index (χ2v) is 4.12. The quantitative estimate of drug-likeness (QED) is 0.270. The van der Waals surface area contributed by atoms with Gasteiger partial charge >= 0.3 is 5.97 Å². The summed E-state index contributed by atoms with van der Waals surface area (Å²) in [6.45, 7) is 3.75. The molecular formula is C13H18N2O3. The molecule has 0 radical (unpaired) electrons. The first-order valence-electron chi connectivity index (χ1n) is 5.87. The first-order chi connectivity index (χ1) is 8.56. The predicted molar refractivity (Wildman–Crippen MR) is 67.6 cm³/mol. The third-order valence-corrected chi connectivity index (χ3v) is 2.68. The second-order valence-electron chi connectivity index (χ2n) is 4.12. The molecule has 0 bridgehead atoms. The molecule has 0 heterocycles. The van der Waals surface area contributed by atoms with Crippen molar-refractivity contribution in [2.75, 3.05) is 0 Å². The van der Waals surface area contributed by atoms with Gasteiger partial charge in [0.15, 0.2) is 0 Å². The molecule has 1 atom stereocenters. The standard InChI is InChI=1S/C13H18N2O3/c1-3-9(2)13(17)18-11-6-4-10(5-7-11)8-12(16)15-14/h4-7,9H,3,8,14H2,1-2H3,(H,15,16)/t9-/m1/s1. The van der Waals surface area contributed by atoms with Crippen molar-refractivity contribution in [3.05, 3.63) is 29.8 Å². The number of esters is 1. The Labute approximate surface area is 106 Å². The van der Waals surface area contributed by atoms with Gasteiger partial charge in [-0.3, -0.25) is 15.0 Å². The van der Waals surface area contributed by atoms with E-state index < -0.39 is 0 Å². The van der Waals surface area contributed by atoms with Gasteiger partial charge in [0.2, 0.25) is 5.91 Å². The normalized spacial score (nSPS) is 11.7. The molecule has 1 rings (SSSR count). The largest absolute Gasteiger partial charge is 0.426 e. The maximum absolute atomic E-state index is 11.5. The number of hydrogen-bond donors (Lipinski definition) is 2. The number of nitrogens with one attached hydrogen (secondary N) is 1. The van der Waals surface area contributed by atoms with Crippen molar-refractivity contribution >= 4 is 11.9 Å². The van der Waals surface area contributed by atoms with Gasteiger partial charge in [0.05, 0.1) is 12.3 Å². The molecule has 0 unspecified atom stereocenters. The minimum Gasteiger partial charge on any atom is -0.426 e. The lowest BCUT2D eigenvalue weighted by molar-refractivity contribution is -0.138. The summed E-state index contributed by atoms with van der Waals surface area (Å²) in [5.41, 5.74) is 2.87. The highest BCUT2D eigenvalue weighted by atomic mass is 16.5. The summed E-state index contributed by atoms with van der Waals surface area (Å²) in [6, 6.07) is 6.79. The zero-order valence-corrected chi connectivity index (χ0v) is 10.6. The van der Waals surface area contributed by atoms with Crippen LogP contribution in [0, 0.1) is 5.92 Å². The predicted octanol–water partition coefficient (Wildman–Crippen LogP) is 1.17. The summed E-state index contributed by atoms with van der Waals surface area (Å²) < 4.78 is 5.19. The number of ether oxygens (including phenoxy) is 1. The lowest BCUT2D eigenvalue weighted by Crippen LogP contribution is -2.31. The van der Waals surface area contributed by atoms with E-state index >= 15 is 0 Å².